The fraction of sp³-hybridized carbons (Fsp3) is 0.308. The summed E-state index contributed by atoms with van der Waals surface area (Å²) in [5.41, 5.74) is 3.47. The Kier molecular flexibility index (Phi) is 3.37. The van der Waals surface area contributed by atoms with Crippen LogP contribution in [0.1, 0.15) is 17.5 Å². The minimum atomic E-state index is 0.229. The number of hydrogen-bond donors (Lipinski definition) is 1. The van der Waals surface area contributed by atoms with Crippen molar-refractivity contribution >= 4 is 0 Å². The molecule has 0 aliphatic carbocycles. The van der Waals surface area contributed by atoms with Crippen molar-refractivity contribution in [1.82, 2.24) is 9.78 Å². The van der Waals surface area contributed by atoms with E-state index < -0.39 is 0 Å². The largest absolute Gasteiger partial charge is 0.396 e. The summed E-state index contributed by atoms with van der Waals surface area (Å²) in [7, 11) is 0. The number of benzene rings is 1. The molecule has 0 fully saturated rings. The molecule has 0 radical (unpaired) electrons. The Labute approximate surface area is 95.3 Å². The first-order valence-electron chi connectivity index (χ1n) is 5.51. The molecule has 16 heavy (non-hydrogen) atoms. The third kappa shape index (κ3) is 2.31. The van der Waals surface area contributed by atoms with Gasteiger partial charge in [0, 0.05) is 12.8 Å². The molecule has 0 saturated carbocycles. The molecule has 1 aromatic carbocycles. The van der Waals surface area contributed by atoms with Crippen LogP contribution in [0.5, 0.6) is 0 Å². The fourth-order valence-corrected chi connectivity index (χ4v) is 1.76. The van der Waals surface area contributed by atoms with E-state index in [9.17, 15) is 0 Å². The van der Waals surface area contributed by atoms with Crippen LogP contribution < -0.4 is 0 Å². The smallest absolute Gasteiger partial charge is 0.0677 e. The molecule has 1 N–H and O–H groups in total. The van der Waals surface area contributed by atoms with Gasteiger partial charge < -0.3 is 5.11 Å². The topological polar surface area (TPSA) is 38.0 Å². The summed E-state index contributed by atoms with van der Waals surface area (Å²) in [4.78, 5) is 0. The van der Waals surface area contributed by atoms with E-state index in [0.29, 0.717) is 0 Å². The first kappa shape index (κ1) is 10.9. The molecular weight excluding hydrogens is 200 g/mol. The maximum atomic E-state index is 8.87. The molecule has 84 valence electrons. The number of nitrogens with zero attached hydrogens (tertiary/aromatic N) is 2. The van der Waals surface area contributed by atoms with Gasteiger partial charge in [-0.3, -0.25) is 0 Å². The lowest BCUT2D eigenvalue weighted by Gasteiger charge is -2.08. The summed E-state index contributed by atoms with van der Waals surface area (Å²) < 4.78 is 1.89. The molecule has 2 rings (SSSR count). The van der Waals surface area contributed by atoms with E-state index >= 15 is 0 Å². The van der Waals surface area contributed by atoms with Gasteiger partial charge >= 0.3 is 0 Å². The number of para-hydroxylation sites is 1. The Balaban J connectivity index is 2.32. The molecule has 0 spiro atoms. The van der Waals surface area contributed by atoms with Crippen LogP contribution in [0.4, 0.5) is 0 Å². The minimum absolute atomic E-state index is 0.229. The van der Waals surface area contributed by atoms with Crippen LogP contribution in [-0.4, -0.2) is 21.5 Å². The van der Waals surface area contributed by atoms with Gasteiger partial charge in [-0.25, -0.2) is 4.68 Å². The monoisotopic (exact) mass is 216 g/mol. The van der Waals surface area contributed by atoms with Gasteiger partial charge in [-0.2, -0.15) is 5.10 Å². The number of aromatic nitrogens is 2. The molecule has 3 nitrogen and oxygen atoms in total. The highest BCUT2D eigenvalue weighted by molar-refractivity contribution is 5.40. The zero-order chi connectivity index (χ0) is 11.4. The fourth-order valence-electron chi connectivity index (χ4n) is 1.76. The average molecular weight is 216 g/mol. The van der Waals surface area contributed by atoms with Gasteiger partial charge in [0.05, 0.1) is 11.9 Å². The summed E-state index contributed by atoms with van der Waals surface area (Å²) in [6.45, 7) is 2.26. The Morgan fingerprint density at radius 1 is 1.31 bits per heavy atom. The number of aliphatic hydroxyl groups excluding tert-OH is 1. The van der Waals surface area contributed by atoms with Crippen molar-refractivity contribution in [2.75, 3.05) is 6.61 Å². The van der Waals surface area contributed by atoms with Crippen molar-refractivity contribution in [2.24, 2.45) is 0 Å². The van der Waals surface area contributed by atoms with E-state index in [-0.39, 0.29) is 6.61 Å². The molecule has 1 aromatic heterocycles. The number of aliphatic hydroxyl groups is 1. The van der Waals surface area contributed by atoms with Crippen LogP contribution in [-0.2, 0) is 6.42 Å². The van der Waals surface area contributed by atoms with Crippen LogP contribution in [0.25, 0.3) is 5.69 Å². The highest BCUT2D eigenvalue weighted by Gasteiger charge is 2.04. The van der Waals surface area contributed by atoms with Crippen LogP contribution in [0.15, 0.2) is 36.7 Å². The third-order valence-electron chi connectivity index (χ3n) is 2.55. The number of hydrogen-bond acceptors (Lipinski definition) is 2. The lowest BCUT2D eigenvalue weighted by atomic mass is 10.1. The SMILES string of the molecule is Cc1cnn(-c2ccccc2CCCO)c1. The molecule has 0 saturated heterocycles. The van der Waals surface area contributed by atoms with Crippen molar-refractivity contribution in [3.8, 4) is 5.69 Å². The molecule has 2 aromatic rings. The Morgan fingerprint density at radius 3 is 2.81 bits per heavy atom. The zero-order valence-electron chi connectivity index (χ0n) is 9.43. The van der Waals surface area contributed by atoms with Crippen LogP contribution in [0.2, 0.25) is 0 Å². The van der Waals surface area contributed by atoms with Gasteiger partial charge in [0.2, 0.25) is 0 Å². The number of aryl methyl sites for hydroxylation is 2. The van der Waals surface area contributed by atoms with Crippen LogP contribution in [0.3, 0.4) is 0 Å². The molecule has 3 heteroatoms. The van der Waals surface area contributed by atoms with Crippen LogP contribution in [0, 0.1) is 6.92 Å². The lowest BCUT2D eigenvalue weighted by Crippen LogP contribution is -2.00. The molecule has 0 unspecified atom stereocenters. The Morgan fingerprint density at radius 2 is 2.12 bits per heavy atom. The second-order valence-electron chi connectivity index (χ2n) is 3.92. The highest BCUT2D eigenvalue weighted by Crippen LogP contribution is 2.15. The molecular formula is C13H16N2O. The van der Waals surface area contributed by atoms with Gasteiger partial charge in [-0.05, 0) is 37.0 Å². The first-order valence-corrected chi connectivity index (χ1v) is 5.51. The van der Waals surface area contributed by atoms with Crippen molar-refractivity contribution < 1.29 is 5.11 Å². The predicted octanol–water partition coefficient (Wildman–Crippen LogP) is 2.11. The maximum Gasteiger partial charge on any atom is 0.0677 e. The molecule has 0 bridgehead atoms. The van der Waals surface area contributed by atoms with E-state index in [1.54, 1.807) is 0 Å². The summed E-state index contributed by atoms with van der Waals surface area (Å²) in [5, 5.41) is 13.2. The van der Waals surface area contributed by atoms with E-state index in [4.69, 9.17) is 5.11 Å². The zero-order valence-corrected chi connectivity index (χ0v) is 9.43. The summed E-state index contributed by atoms with van der Waals surface area (Å²) >= 11 is 0. The highest BCUT2D eigenvalue weighted by atomic mass is 16.2. The molecule has 0 amide bonds. The van der Waals surface area contributed by atoms with E-state index in [0.717, 1.165) is 24.1 Å². The summed E-state index contributed by atoms with van der Waals surface area (Å²) in [6, 6.07) is 8.17. The normalized spacial score (nSPS) is 10.6. The van der Waals surface area contributed by atoms with Gasteiger partial charge in [0.25, 0.3) is 0 Å². The van der Waals surface area contributed by atoms with Crippen LogP contribution >= 0.6 is 0 Å². The van der Waals surface area contributed by atoms with Gasteiger partial charge in [0.15, 0.2) is 0 Å². The lowest BCUT2D eigenvalue weighted by molar-refractivity contribution is 0.288. The Bertz CT molecular complexity index is 462. The van der Waals surface area contributed by atoms with Gasteiger partial charge in [-0.15, -0.1) is 0 Å². The van der Waals surface area contributed by atoms with E-state index in [1.807, 2.05) is 36.1 Å². The molecule has 0 atom stereocenters. The standard InChI is InChI=1S/C13H16N2O/c1-11-9-14-15(10-11)13-7-3-2-5-12(13)6-4-8-16/h2-3,5,7,9-10,16H,4,6,8H2,1H3. The predicted molar refractivity (Wildman–Crippen MR) is 63.7 cm³/mol. The van der Waals surface area contributed by atoms with E-state index in [2.05, 4.69) is 17.2 Å². The average Bonchev–Trinajstić information content (AvgIpc) is 2.73. The minimum Gasteiger partial charge on any atom is -0.396 e. The van der Waals surface area contributed by atoms with Gasteiger partial charge in [-0.1, -0.05) is 18.2 Å². The number of rotatable bonds is 4. The van der Waals surface area contributed by atoms with Crippen molar-refractivity contribution in [1.29, 1.82) is 0 Å². The maximum absolute atomic E-state index is 8.87. The second-order valence-corrected chi connectivity index (χ2v) is 3.92. The van der Waals surface area contributed by atoms with E-state index in [1.165, 1.54) is 5.56 Å². The molecule has 1 heterocycles. The Hall–Kier alpha value is -1.61. The van der Waals surface area contributed by atoms with Crippen molar-refractivity contribution in [2.45, 2.75) is 19.8 Å². The van der Waals surface area contributed by atoms with Crippen molar-refractivity contribution in [3.05, 3.63) is 47.8 Å². The molecule has 0 aliphatic rings. The third-order valence-corrected chi connectivity index (χ3v) is 2.55. The van der Waals surface area contributed by atoms with Gasteiger partial charge in [0.1, 0.15) is 0 Å². The first-order chi connectivity index (χ1) is 7.81. The summed E-state index contributed by atoms with van der Waals surface area (Å²) in [6.07, 6.45) is 5.53. The summed E-state index contributed by atoms with van der Waals surface area (Å²) in [5.74, 6) is 0. The second kappa shape index (κ2) is 4.94. The van der Waals surface area contributed by atoms with Crippen molar-refractivity contribution in [3.63, 3.8) is 0 Å². The quantitative estimate of drug-likeness (QED) is 0.850. The molecule has 0 aliphatic heterocycles.